The van der Waals surface area contributed by atoms with Crippen molar-refractivity contribution in [3.8, 4) is 16.9 Å². The first-order valence-corrected chi connectivity index (χ1v) is 9.74. The summed E-state index contributed by atoms with van der Waals surface area (Å²) in [5, 5.41) is 0. The maximum Gasteiger partial charge on any atom is 0.323 e. The second-order valence-corrected chi connectivity index (χ2v) is 6.98. The van der Waals surface area contributed by atoms with Crippen LogP contribution in [0.15, 0.2) is 54.6 Å². The summed E-state index contributed by atoms with van der Waals surface area (Å²) in [5.74, 6) is 0.659. The second-order valence-electron chi connectivity index (χ2n) is 6.98. The zero-order chi connectivity index (χ0) is 19.8. The number of hydrogen-bond donors (Lipinski definition) is 1. The second kappa shape index (κ2) is 10.1. The monoisotopic (exact) mass is 369 g/mol. The van der Waals surface area contributed by atoms with Gasteiger partial charge in [-0.05, 0) is 55.9 Å². The highest BCUT2D eigenvalue weighted by Crippen LogP contribution is 2.27. The number of esters is 1. The van der Waals surface area contributed by atoms with Crippen molar-refractivity contribution in [1.82, 2.24) is 0 Å². The van der Waals surface area contributed by atoms with Crippen LogP contribution in [-0.4, -0.2) is 24.2 Å². The molecule has 0 aliphatic carbocycles. The molecule has 2 aromatic rings. The molecule has 0 bridgehead atoms. The Morgan fingerprint density at radius 1 is 0.926 bits per heavy atom. The molecule has 4 nitrogen and oxygen atoms in total. The van der Waals surface area contributed by atoms with Gasteiger partial charge >= 0.3 is 5.97 Å². The molecule has 0 amide bonds. The minimum Gasteiger partial charge on any atom is -0.486 e. The smallest absolute Gasteiger partial charge is 0.323 e. The normalized spacial score (nSPS) is 14.4. The summed E-state index contributed by atoms with van der Waals surface area (Å²) in [6, 6.07) is 17.6. The molecule has 0 unspecified atom stereocenters. The first-order chi connectivity index (χ1) is 13.0. The molecule has 0 fully saturated rings. The predicted octanol–water partition coefficient (Wildman–Crippen LogP) is 4.82. The molecule has 0 saturated carbocycles. The van der Waals surface area contributed by atoms with Crippen molar-refractivity contribution in [1.29, 1.82) is 0 Å². The van der Waals surface area contributed by atoms with E-state index in [-0.39, 0.29) is 18.1 Å². The van der Waals surface area contributed by atoms with Crippen LogP contribution in [0.2, 0.25) is 0 Å². The van der Waals surface area contributed by atoms with E-state index in [1.165, 1.54) is 5.56 Å². The van der Waals surface area contributed by atoms with Crippen molar-refractivity contribution in [3.63, 3.8) is 0 Å². The molecule has 4 heteroatoms. The summed E-state index contributed by atoms with van der Waals surface area (Å²) in [4.78, 5) is 11.9. The maximum atomic E-state index is 11.9. The molecule has 0 aliphatic rings. The van der Waals surface area contributed by atoms with Gasteiger partial charge in [-0.1, -0.05) is 56.3 Å². The average Bonchev–Trinajstić information content (AvgIpc) is 2.69. The SMILES string of the molecule is CCC(CC)[C@@H](Oc1ccc(-c2ccccc2)cc1)[C@H](C)OC(=O)[C@H](C)N. The van der Waals surface area contributed by atoms with E-state index in [0.717, 1.165) is 24.2 Å². The largest absolute Gasteiger partial charge is 0.486 e. The van der Waals surface area contributed by atoms with E-state index in [0.29, 0.717) is 0 Å². The van der Waals surface area contributed by atoms with Gasteiger partial charge in [-0.15, -0.1) is 0 Å². The number of carbonyl (C=O) groups is 1. The van der Waals surface area contributed by atoms with Gasteiger partial charge in [-0.2, -0.15) is 0 Å². The topological polar surface area (TPSA) is 61.5 Å². The lowest BCUT2D eigenvalue weighted by molar-refractivity contribution is -0.155. The van der Waals surface area contributed by atoms with E-state index < -0.39 is 12.0 Å². The average molecular weight is 370 g/mol. The van der Waals surface area contributed by atoms with Crippen LogP contribution in [0.3, 0.4) is 0 Å². The Kier molecular flexibility index (Phi) is 7.86. The van der Waals surface area contributed by atoms with Gasteiger partial charge in [0.15, 0.2) is 0 Å². The van der Waals surface area contributed by atoms with Crippen molar-refractivity contribution in [3.05, 3.63) is 54.6 Å². The number of ether oxygens (including phenoxy) is 2. The lowest BCUT2D eigenvalue weighted by Gasteiger charge is -2.31. The van der Waals surface area contributed by atoms with Gasteiger partial charge in [0.05, 0.1) is 0 Å². The summed E-state index contributed by atoms with van der Waals surface area (Å²) in [6.07, 6.45) is 1.31. The fourth-order valence-electron chi connectivity index (χ4n) is 3.20. The van der Waals surface area contributed by atoms with Crippen LogP contribution in [0.5, 0.6) is 5.75 Å². The quantitative estimate of drug-likeness (QED) is 0.644. The zero-order valence-corrected chi connectivity index (χ0v) is 16.7. The van der Waals surface area contributed by atoms with Gasteiger partial charge in [0.1, 0.15) is 24.0 Å². The standard InChI is InChI=1S/C23H31NO3/c1-5-18(6-2)22(17(4)26-23(25)16(3)24)27-21-14-12-20(13-15-21)19-10-8-7-9-11-19/h7-18,22H,5-6,24H2,1-4H3/t16-,17-,22-/m0/s1. The van der Waals surface area contributed by atoms with Crippen molar-refractivity contribution < 1.29 is 14.3 Å². The van der Waals surface area contributed by atoms with E-state index >= 15 is 0 Å². The minimum absolute atomic E-state index is 0.217. The van der Waals surface area contributed by atoms with Crippen LogP contribution in [0, 0.1) is 5.92 Å². The number of carbonyl (C=O) groups excluding carboxylic acids is 1. The molecule has 2 N–H and O–H groups in total. The lowest BCUT2D eigenvalue weighted by Crippen LogP contribution is -2.42. The molecule has 2 rings (SSSR count). The van der Waals surface area contributed by atoms with Crippen LogP contribution >= 0.6 is 0 Å². The van der Waals surface area contributed by atoms with Crippen LogP contribution in [0.1, 0.15) is 40.5 Å². The fourth-order valence-corrected chi connectivity index (χ4v) is 3.20. The van der Waals surface area contributed by atoms with Crippen molar-refractivity contribution in [2.45, 2.75) is 58.8 Å². The molecule has 0 radical (unpaired) electrons. The van der Waals surface area contributed by atoms with Gasteiger partial charge in [0.25, 0.3) is 0 Å². The number of hydrogen-bond acceptors (Lipinski definition) is 4. The Balaban J connectivity index is 2.15. The molecule has 3 atom stereocenters. The maximum absolute atomic E-state index is 11.9. The van der Waals surface area contributed by atoms with Crippen LogP contribution in [0.4, 0.5) is 0 Å². The highest BCUT2D eigenvalue weighted by Gasteiger charge is 2.30. The molecule has 0 aliphatic heterocycles. The molecule has 0 spiro atoms. The Morgan fingerprint density at radius 2 is 1.48 bits per heavy atom. The zero-order valence-electron chi connectivity index (χ0n) is 16.7. The van der Waals surface area contributed by atoms with Gasteiger partial charge < -0.3 is 15.2 Å². The third-order valence-electron chi connectivity index (χ3n) is 4.88. The minimum atomic E-state index is -0.639. The van der Waals surface area contributed by atoms with Crippen molar-refractivity contribution in [2.24, 2.45) is 11.7 Å². The third kappa shape index (κ3) is 5.83. The first kappa shape index (κ1) is 21.0. The fraction of sp³-hybridized carbons (Fsp3) is 0.435. The predicted molar refractivity (Wildman–Crippen MR) is 110 cm³/mol. The Bertz CT molecular complexity index is 693. The molecule has 0 saturated heterocycles. The third-order valence-corrected chi connectivity index (χ3v) is 4.88. The Labute approximate surface area is 162 Å². The highest BCUT2D eigenvalue weighted by atomic mass is 16.6. The molecule has 2 aromatic carbocycles. The molecular formula is C23H31NO3. The first-order valence-electron chi connectivity index (χ1n) is 9.74. The molecule has 27 heavy (non-hydrogen) atoms. The molecule has 0 aromatic heterocycles. The number of rotatable bonds is 9. The number of benzene rings is 2. The van der Waals surface area contributed by atoms with E-state index in [9.17, 15) is 4.79 Å². The van der Waals surface area contributed by atoms with Crippen molar-refractivity contribution >= 4 is 5.97 Å². The molecular weight excluding hydrogens is 338 g/mol. The van der Waals surface area contributed by atoms with Crippen LogP contribution < -0.4 is 10.5 Å². The lowest BCUT2D eigenvalue weighted by atomic mass is 9.93. The van der Waals surface area contributed by atoms with E-state index in [2.05, 4.69) is 26.0 Å². The van der Waals surface area contributed by atoms with Crippen molar-refractivity contribution in [2.75, 3.05) is 0 Å². The van der Waals surface area contributed by atoms with Crippen LogP contribution in [0.25, 0.3) is 11.1 Å². The van der Waals surface area contributed by atoms with Gasteiger partial charge in [-0.3, -0.25) is 4.79 Å². The highest BCUT2D eigenvalue weighted by molar-refractivity contribution is 5.75. The van der Waals surface area contributed by atoms with E-state index in [4.69, 9.17) is 15.2 Å². The Morgan fingerprint density at radius 3 is 2.00 bits per heavy atom. The number of nitrogens with two attached hydrogens (primary N) is 1. The van der Waals surface area contributed by atoms with E-state index in [1.54, 1.807) is 6.92 Å². The van der Waals surface area contributed by atoms with Gasteiger partial charge in [0, 0.05) is 0 Å². The van der Waals surface area contributed by atoms with Crippen LogP contribution in [-0.2, 0) is 9.53 Å². The molecule has 146 valence electrons. The summed E-state index contributed by atoms with van der Waals surface area (Å²) in [6.45, 7) is 7.76. The summed E-state index contributed by atoms with van der Waals surface area (Å²) in [5.41, 5.74) is 7.94. The van der Waals surface area contributed by atoms with Gasteiger partial charge in [-0.25, -0.2) is 0 Å². The van der Waals surface area contributed by atoms with E-state index in [1.807, 2.05) is 49.4 Å². The summed E-state index contributed by atoms with van der Waals surface area (Å²) >= 11 is 0. The summed E-state index contributed by atoms with van der Waals surface area (Å²) in [7, 11) is 0. The Hall–Kier alpha value is -2.33. The molecule has 0 heterocycles. The van der Waals surface area contributed by atoms with Gasteiger partial charge in [0.2, 0.25) is 0 Å². The summed E-state index contributed by atoms with van der Waals surface area (Å²) < 4.78 is 11.8.